The van der Waals surface area contributed by atoms with Crippen LogP contribution in [0.1, 0.15) is 0 Å². The molecule has 0 bridgehead atoms. The number of rotatable bonds is 4. The molecule has 0 spiro atoms. The van der Waals surface area contributed by atoms with Crippen LogP contribution in [0, 0.1) is 0 Å². The summed E-state index contributed by atoms with van der Waals surface area (Å²) < 4.78 is 0. The Kier molecular flexibility index (Phi) is 18.3. The maximum Gasteiger partial charge on any atom is 2.00 e. The Hall–Kier alpha value is -6.90. The average Bonchev–Trinajstić information content (AvgIpc) is 4.25. The molecule has 0 aliphatic rings. The molecule has 0 unspecified atom stereocenters. The Morgan fingerprint density at radius 3 is 1.29 bits per heavy atom. The molecule has 0 aliphatic heterocycles. The number of pyridine rings is 2. The summed E-state index contributed by atoms with van der Waals surface area (Å²) in [7, 11) is 0. The average molecular weight is 1090 g/mol. The van der Waals surface area contributed by atoms with Gasteiger partial charge in [0.25, 0.3) is 0 Å². The molecule has 15 aromatic rings. The van der Waals surface area contributed by atoms with Gasteiger partial charge < -0.3 is 4.98 Å². The Balaban J connectivity index is 0.000000265. The van der Waals surface area contributed by atoms with E-state index in [1.807, 2.05) is 128 Å². The molecule has 0 radical (unpaired) electrons. The van der Waals surface area contributed by atoms with Gasteiger partial charge in [-0.25, -0.2) is 48.5 Å². The first-order valence-corrected chi connectivity index (χ1v) is 23.2. The zero-order chi connectivity index (χ0) is 45.5. The molecule has 2 heterocycles. The van der Waals surface area contributed by atoms with Crippen LogP contribution in [-0.2, 0) is 68.3 Å². The van der Waals surface area contributed by atoms with E-state index in [1.54, 1.807) is 0 Å². The molecule has 2 nitrogen and oxygen atoms in total. The van der Waals surface area contributed by atoms with Crippen molar-refractivity contribution < 1.29 is 68.3 Å². The van der Waals surface area contributed by atoms with Gasteiger partial charge in [-0.15, -0.1) is 64.5 Å². The number of aromatic nitrogens is 2. The fourth-order valence-corrected chi connectivity index (χ4v) is 9.65. The largest absolute Gasteiger partial charge is 2.00 e. The zero-order valence-electron chi connectivity index (χ0n) is 38.9. The van der Waals surface area contributed by atoms with E-state index >= 15 is 0 Å². The minimum atomic E-state index is 0. The van der Waals surface area contributed by atoms with Gasteiger partial charge in [0.2, 0.25) is 0 Å². The molecule has 6 heteroatoms. The van der Waals surface area contributed by atoms with Gasteiger partial charge in [0, 0.05) is 17.8 Å². The van der Waals surface area contributed by atoms with Crippen LogP contribution in [0.25, 0.3) is 109 Å². The van der Waals surface area contributed by atoms with Crippen LogP contribution in [-0.4, -0.2) is 9.97 Å². The maximum absolute atomic E-state index is 5.60. The summed E-state index contributed by atoms with van der Waals surface area (Å²) in [6, 6.07) is 92.9. The summed E-state index contributed by atoms with van der Waals surface area (Å²) >= 11 is 0. The second-order valence-electron chi connectivity index (χ2n) is 16.7. The molecule has 0 saturated carbocycles. The van der Waals surface area contributed by atoms with E-state index in [1.165, 1.54) is 81.5 Å². The van der Waals surface area contributed by atoms with Gasteiger partial charge >= 0.3 is 68.3 Å². The second kappa shape index (κ2) is 25.0. The minimum absolute atomic E-state index is 0. The predicted octanol–water partition coefficient (Wildman–Crippen LogP) is 18.0. The quantitative estimate of drug-likeness (QED) is 0.0760. The molecule has 13 aromatic carbocycles. The molecule has 0 N–H and O–H groups in total. The monoisotopic (exact) mass is 1090 g/mol. The van der Waals surface area contributed by atoms with Gasteiger partial charge in [-0.1, -0.05) is 64.0 Å². The number of fused-ring (bicyclic) bond motifs is 6. The smallest absolute Gasteiger partial charge is 0.326 e. The third-order valence-electron chi connectivity index (χ3n) is 12.6. The van der Waals surface area contributed by atoms with E-state index < -0.39 is 0 Å². The Morgan fingerprint density at radius 1 is 0.306 bits per heavy atom. The summed E-state index contributed by atoms with van der Waals surface area (Å²) in [6.07, 6.45) is 4.10. The summed E-state index contributed by atoms with van der Waals surface area (Å²) in [5.41, 5.74) is 9.09. The third-order valence-corrected chi connectivity index (χ3v) is 12.6. The molecule has 0 amide bonds. The topological polar surface area (TPSA) is 25.8 Å². The Labute approximate surface area is 463 Å². The predicted molar refractivity (Wildman–Crippen MR) is 291 cm³/mol. The molecule has 15 rings (SSSR count). The number of nitrogens with zero attached hydrogens (tertiary/aromatic N) is 2. The van der Waals surface area contributed by atoms with Gasteiger partial charge in [0.1, 0.15) is 0 Å². The summed E-state index contributed by atoms with van der Waals surface area (Å²) in [6.45, 7) is 0. The molecule has 0 saturated heterocycles. The molecule has 0 fully saturated rings. The van der Waals surface area contributed by atoms with Gasteiger partial charge in [0.05, 0.1) is 0 Å². The molecule has 0 aliphatic carbocycles. The number of benzene rings is 5. The Bertz CT molecular complexity index is 3690. The Morgan fingerprint density at radius 2 is 0.778 bits per heavy atom. The van der Waals surface area contributed by atoms with Crippen LogP contribution in [0.2, 0.25) is 0 Å². The molecule has 2 aromatic heterocycles. The van der Waals surface area contributed by atoms with Crippen LogP contribution in [0.4, 0.5) is 0 Å². The van der Waals surface area contributed by atoms with E-state index in [-0.39, 0.29) is 68.3 Å². The van der Waals surface area contributed by atoms with Crippen molar-refractivity contribution >= 4 is 64.6 Å². The van der Waals surface area contributed by atoms with Gasteiger partial charge in [-0.2, -0.15) is 144 Å². The van der Waals surface area contributed by atoms with E-state index in [9.17, 15) is 0 Å². The number of hydrogen-bond acceptors (Lipinski definition) is 2. The van der Waals surface area contributed by atoms with Crippen LogP contribution < -0.4 is 0 Å². The third kappa shape index (κ3) is 10.7. The first kappa shape index (κ1) is 52.9. The molecular weight excluding hydrogens is 1040 g/mol. The summed E-state index contributed by atoms with van der Waals surface area (Å²) in [4.78, 5) is 10.4. The van der Waals surface area contributed by atoms with Crippen molar-refractivity contribution in [2.24, 2.45) is 0 Å². The first-order chi connectivity index (χ1) is 33.8. The second-order valence-corrected chi connectivity index (χ2v) is 16.7. The fourth-order valence-electron chi connectivity index (χ4n) is 9.65. The summed E-state index contributed by atoms with van der Waals surface area (Å²) in [5.74, 6) is 0. The minimum Gasteiger partial charge on any atom is -0.326 e. The van der Waals surface area contributed by atoms with Gasteiger partial charge in [-0.05, 0) is 49.5 Å². The molecule has 352 valence electrons. The van der Waals surface area contributed by atoms with Crippen LogP contribution in [0.5, 0.6) is 0 Å². The SMILES string of the molecule is [Fe+2].[Fe+2].[Fe+2].[Fe+2].c1cc[cH-]c1.c1cc[cH-]c1.c1cc[cH-]c1.c1cc[cH-]c1.c1ccc2c(c1)cc1c3cncc4ccc(-[c-]5cccc5)c(c43)c3c4c(-[c-]5cccc5)c(-[c-]5cccc5)nc(-[c-]5cccc5)c4cc2c13. The van der Waals surface area contributed by atoms with E-state index in [4.69, 9.17) is 9.97 Å². The van der Waals surface area contributed by atoms with Crippen molar-refractivity contribution in [2.45, 2.75) is 0 Å². The van der Waals surface area contributed by atoms with E-state index in [0.29, 0.717) is 0 Å². The normalized spacial score (nSPS) is 10.3. The van der Waals surface area contributed by atoms with Gasteiger partial charge in [0.15, 0.2) is 0 Å². The van der Waals surface area contributed by atoms with Crippen molar-refractivity contribution in [1.82, 2.24) is 9.97 Å². The van der Waals surface area contributed by atoms with E-state index in [2.05, 4.69) is 152 Å². The molecular formula is C66H46Fe4N2. The molecule has 72 heavy (non-hydrogen) atoms. The van der Waals surface area contributed by atoms with Crippen molar-refractivity contribution in [3.8, 4) is 44.8 Å². The van der Waals surface area contributed by atoms with Gasteiger partial charge in [-0.3, -0.25) is 4.98 Å². The first-order valence-electron chi connectivity index (χ1n) is 23.2. The standard InChI is InChI=1S/C46H26N2.4C5H5.4Fe/c1-2-12-27(11-1)34-22-21-32-25-47-26-38-35-23-31-19-9-10-20-33(31)36-24-37-43(44(41(35)36)42(34)39(32)38)40(28-13-3-4-14-28)46(30-17-7-8-18-30)48-45(37)29-15-5-6-16-29;4*1-2-4-5-3-1;;;;/h1-26H;4*1-5H;;;;/q-4;4*-1;4*+2. The van der Waals surface area contributed by atoms with Crippen molar-refractivity contribution in [2.75, 3.05) is 0 Å². The number of hydrogen-bond donors (Lipinski definition) is 0. The van der Waals surface area contributed by atoms with Crippen molar-refractivity contribution in [3.05, 3.63) is 279 Å². The maximum atomic E-state index is 5.60. The summed E-state index contributed by atoms with van der Waals surface area (Å²) in [5, 5.41) is 14.8. The molecule has 0 atom stereocenters. The van der Waals surface area contributed by atoms with Crippen LogP contribution in [0.15, 0.2) is 279 Å². The van der Waals surface area contributed by atoms with Crippen LogP contribution in [0.3, 0.4) is 0 Å². The zero-order valence-corrected chi connectivity index (χ0v) is 43.3. The van der Waals surface area contributed by atoms with Crippen molar-refractivity contribution in [3.63, 3.8) is 0 Å². The van der Waals surface area contributed by atoms with E-state index in [0.717, 1.165) is 27.9 Å². The fraction of sp³-hybridized carbons (Fsp3) is 0. The van der Waals surface area contributed by atoms with Crippen molar-refractivity contribution in [1.29, 1.82) is 0 Å². The van der Waals surface area contributed by atoms with Crippen LogP contribution >= 0.6 is 0 Å².